The van der Waals surface area contributed by atoms with E-state index in [2.05, 4.69) is 5.10 Å². The lowest BCUT2D eigenvalue weighted by Gasteiger charge is -2.38. The van der Waals surface area contributed by atoms with Crippen molar-refractivity contribution in [1.29, 1.82) is 0 Å². The first-order chi connectivity index (χ1) is 15.7. The van der Waals surface area contributed by atoms with Crippen molar-refractivity contribution in [2.75, 3.05) is 6.61 Å². The lowest BCUT2D eigenvalue weighted by molar-refractivity contribution is -0.436. The number of hydrogen-bond acceptors (Lipinski definition) is 3. The van der Waals surface area contributed by atoms with Gasteiger partial charge in [0.15, 0.2) is 0 Å². The van der Waals surface area contributed by atoms with Gasteiger partial charge in [0.2, 0.25) is 0 Å². The maximum atomic E-state index is 13.6. The quantitative estimate of drug-likeness (QED) is 0.161. The number of carbonyl (C=O) groups excluding carboxylic acids is 1. The van der Waals surface area contributed by atoms with Crippen molar-refractivity contribution in [2.45, 2.75) is 55.6 Å². The molecule has 1 aromatic carbocycles. The number of nitrogens with one attached hydrogen (secondary N) is 1. The van der Waals surface area contributed by atoms with Crippen LogP contribution in [-0.2, 0) is 4.79 Å². The van der Waals surface area contributed by atoms with Gasteiger partial charge in [-0.15, -0.1) is 0 Å². The van der Waals surface area contributed by atoms with Crippen LogP contribution in [0.2, 0.25) is 0 Å². The van der Waals surface area contributed by atoms with Crippen LogP contribution in [0.25, 0.3) is 0 Å². The van der Waals surface area contributed by atoms with E-state index in [1.54, 1.807) is 0 Å². The van der Waals surface area contributed by atoms with Crippen LogP contribution in [0.5, 0.6) is 5.75 Å². The Morgan fingerprint density at radius 3 is 1.77 bits per heavy atom. The highest BCUT2D eigenvalue weighted by Gasteiger charge is 2.91. The highest BCUT2D eigenvalue weighted by atomic mass is 19.4. The van der Waals surface area contributed by atoms with Crippen molar-refractivity contribution in [3.8, 4) is 5.75 Å². The molecule has 0 saturated carbocycles. The first-order valence-corrected chi connectivity index (χ1v) is 9.20. The molecule has 35 heavy (non-hydrogen) atoms. The molecule has 200 valence electrons. The Hall–Kier alpha value is -2.75. The van der Waals surface area contributed by atoms with Crippen molar-refractivity contribution in [2.24, 2.45) is 5.10 Å². The fraction of sp³-hybridized carbons (Fsp3) is 0.556. The molecule has 0 saturated heterocycles. The third-order valence-corrected chi connectivity index (χ3v) is 4.24. The van der Waals surface area contributed by atoms with Gasteiger partial charge in [0, 0.05) is 0 Å². The number of amides is 1. The van der Waals surface area contributed by atoms with Crippen molar-refractivity contribution in [3.05, 3.63) is 29.8 Å². The maximum Gasteiger partial charge on any atom is 0.460 e. The Labute approximate surface area is 188 Å². The molecule has 0 radical (unpaired) electrons. The molecule has 0 aliphatic rings. The van der Waals surface area contributed by atoms with E-state index in [1.807, 2.05) is 6.92 Å². The number of carbonyl (C=O) groups is 1. The van der Waals surface area contributed by atoms with Crippen molar-refractivity contribution >= 4 is 12.1 Å². The lowest BCUT2D eigenvalue weighted by Crippen LogP contribution is -2.71. The Morgan fingerprint density at radius 2 is 1.31 bits per heavy atom. The van der Waals surface area contributed by atoms with E-state index >= 15 is 0 Å². The highest BCUT2D eigenvalue weighted by Crippen LogP contribution is 2.60. The summed E-state index contributed by atoms with van der Waals surface area (Å²) in [7, 11) is 0. The van der Waals surface area contributed by atoms with Gasteiger partial charge in [-0.3, -0.25) is 4.79 Å². The molecule has 0 unspecified atom stereocenters. The van der Waals surface area contributed by atoms with E-state index < -0.39 is 41.7 Å². The highest BCUT2D eigenvalue weighted by molar-refractivity contribution is 5.87. The molecule has 1 amide bonds. The molecule has 0 aliphatic carbocycles. The molecule has 1 rings (SSSR count). The molecular weight excluding hydrogens is 523 g/mol. The number of alkyl halides is 13. The third kappa shape index (κ3) is 5.58. The molecule has 0 aliphatic heterocycles. The van der Waals surface area contributed by atoms with Gasteiger partial charge in [-0.2, -0.15) is 62.2 Å². The maximum absolute atomic E-state index is 13.6. The summed E-state index contributed by atoms with van der Waals surface area (Å²) in [6, 6.07) is 5.06. The normalized spacial score (nSPS) is 14.3. The van der Waals surface area contributed by atoms with E-state index in [4.69, 9.17) is 4.74 Å². The first kappa shape index (κ1) is 30.3. The van der Waals surface area contributed by atoms with Gasteiger partial charge in [0.25, 0.3) is 0 Å². The first-order valence-electron chi connectivity index (χ1n) is 9.20. The summed E-state index contributed by atoms with van der Waals surface area (Å²) in [6.45, 7) is 2.24. The second kappa shape index (κ2) is 10.1. The van der Waals surface area contributed by atoms with Crippen molar-refractivity contribution < 1.29 is 66.6 Å². The van der Waals surface area contributed by atoms with Gasteiger partial charge in [-0.05, 0) is 36.2 Å². The van der Waals surface area contributed by atoms with Gasteiger partial charge in [0.1, 0.15) is 5.75 Å². The Kier molecular flexibility index (Phi) is 8.72. The molecular formula is C18H15F13N2O2. The Morgan fingerprint density at radius 1 is 0.829 bits per heavy atom. The predicted octanol–water partition coefficient (Wildman–Crippen LogP) is 6.05. The standard InChI is InChI=1S/C18H15F13N2O2/c1-2-3-8-35-11-6-4-10(5-7-11)9-32-33-12(34)13(19,20)14(21,22)15(23,24)16(25,26)17(27,28)18(29,30)31/h4-7,9H,2-3,8H2,1H3,(H,33,34). The van der Waals surface area contributed by atoms with Gasteiger partial charge in [-0.25, -0.2) is 5.43 Å². The monoisotopic (exact) mass is 538 g/mol. The van der Waals surface area contributed by atoms with Gasteiger partial charge in [-0.1, -0.05) is 13.3 Å². The summed E-state index contributed by atoms with van der Waals surface area (Å²) in [5, 5.41) is 2.72. The number of hydrogen-bond donors (Lipinski definition) is 1. The summed E-state index contributed by atoms with van der Waals surface area (Å²) in [5.74, 6) is -41.8. The molecule has 0 fully saturated rings. The lowest BCUT2D eigenvalue weighted by atomic mass is 9.93. The van der Waals surface area contributed by atoms with Crippen LogP contribution in [0.3, 0.4) is 0 Å². The number of benzene rings is 1. The average Bonchev–Trinajstić information content (AvgIpc) is 2.73. The van der Waals surface area contributed by atoms with Crippen LogP contribution in [0, 0.1) is 0 Å². The van der Waals surface area contributed by atoms with Crippen LogP contribution in [0.4, 0.5) is 57.1 Å². The van der Waals surface area contributed by atoms with E-state index in [-0.39, 0.29) is 5.56 Å². The van der Waals surface area contributed by atoms with Crippen molar-refractivity contribution in [1.82, 2.24) is 5.43 Å². The molecule has 1 N–H and O–H groups in total. The predicted molar refractivity (Wildman–Crippen MR) is 93.4 cm³/mol. The topological polar surface area (TPSA) is 50.7 Å². The van der Waals surface area contributed by atoms with Crippen LogP contribution in [0.15, 0.2) is 29.4 Å². The number of rotatable bonds is 11. The fourth-order valence-electron chi connectivity index (χ4n) is 2.13. The SMILES string of the molecule is CCCCOc1ccc(C=NNC(=O)C(F)(F)C(F)(F)C(F)(F)C(F)(F)C(F)(F)C(F)(F)F)cc1. The zero-order valence-corrected chi connectivity index (χ0v) is 17.2. The molecule has 0 atom stereocenters. The van der Waals surface area contributed by atoms with E-state index in [9.17, 15) is 61.9 Å². The zero-order valence-electron chi connectivity index (χ0n) is 17.2. The minimum Gasteiger partial charge on any atom is -0.494 e. The number of unbranched alkanes of at least 4 members (excludes halogenated alkanes) is 1. The summed E-state index contributed by atoms with van der Waals surface area (Å²) in [4.78, 5) is 11.3. The fourth-order valence-corrected chi connectivity index (χ4v) is 2.13. The summed E-state index contributed by atoms with van der Waals surface area (Å²) in [5.41, 5.74) is 0.599. The zero-order chi connectivity index (χ0) is 27.5. The van der Waals surface area contributed by atoms with E-state index in [0.717, 1.165) is 6.42 Å². The second-order valence-corrected chi connectivity index (χ2v) is 6.84. The molecule has 17 heteroatoms. The number of hydrazone groups is 1. The Balaban J connectivity index is 3.07. The second-order valence-electron chi connectivity index (χ2n) is 6.84. The average molecular weight is 538 g/mol. The minimum absolute atomic E-state index is 0.00935. The van der Waals surface area contributed by atoms with E-state index in [1.165, 1.54) is 24.3 Å². The number of ether oxygens (including phenoxy) is 1. The van der Waals surface area contributed by atoms with Crippen LogP contribution in [-0.4, -0.2) is 54.5 Å². The molecule has 0 aromatic heterocycles. The van der Waals surface area contributed by atoms with Crippen LogP contribution >= 0.6 is 0 Å². The Bertz CT molecular complexity index is 897. The van der Waals surface area contributed by atoms with Gasteiger partial charge < -0.3 is 4.74 Å². The number of halogens is 13. The molecule has 0 spiro atoms. The summed E-state index contributed by atoms with van der Waals surface area (Å²) < 4.78 is 174. The van der Waals surface area contributed by atoms with Gasteiger partial charge >= 0.3 is 41.7 Å². The summed E-state index contributed by atoms with van der Waals surface area (Å²) in [6.07, 6.45) is -5.49. The third-order valence-electron chi connectivity index (χ3n) is 4.24. The van der Waals surface area contributed by atoms with E-state index in [0.29, 0.717) is 30.4 Å². The smallest absolute Gasteiger partial charge is 0.460 e. The number of nitrogens with zero attached hydrogens (tertiary/aromatic N) is 1. The molecule has 4 nitrogen and oxygen atoms in total. The molecule has 0 heterocycles. The summed E-state index contributed by atoms with van der Waals surface area (Å²) >= 11 is 0. The van der Waals surface area contributed by atoms with Gasteiger partial charge in [0.05, 0.1) is 12.8 Å². The van der Waals surface area contributed by atoms with Crippen molar-refractivity contribution in [3.63, 3.8) is 0 Å². The molecule has 0 bridgehead atoms. The largest absolute Gasteiger partial charge is 0.494 e. The minimum atomic E-state index is -8.09. The molecule has 1 aromatic rings. The van der Waals surface area contributed by atoms with Crippen LogP contribution in [0.1, 0.15) is 25.3 Å². The van der Waals surface area contributed by atoms with Crippen LogP contribution < -0.4 is 10.2 Å².